The van der Waals surface area contributed by atoms with Crippen LogP contribution in [0.5, 0.6) is 11.5 Å². The van der Waals surface area contributed by atoms with Gasteiger partial charge in [0, 0.05) is 5.56 Å². The number of para-hydroxylation sites is 1. The molecule has 3 N–H and O–H groups in total. The molecule has 0 spiro atoms. The number of rotatable bonds is 5. The Morgan fingerprint density at radius 1 is 1.06 bits per heavy atom. The van der Waals surface area contributed by atoms with Crippen molar-refractivity contribution in [3.63, 3.8) is 0 Å². The Balaban J connectivity index is 1.56. The van der Waals surface area contributed by atoms with E-state index < -0.39 is 12.1 Å². The number of hydrogen-bond acceptors (Lipinski definition) is 7. The van der Waals surface area contributed by atoms with Crippen LogP contribution >= 0.6 is 0 Å². The van der Waals surface area contributed by atoms with E-state index in [9.17, 15) is 14.7 Å². The number of ether oxygens (including phenoxy) is 1. The second kappa shape index (κ2) is 9.53. The minimum Gasteiger partial charge on any atom is -0.505 e. The number of benzene rings is 3. The number of aromatic hydroxyl groups is 1. The van der Waals surface area contributed by atoms with Crippen molar-refractivity contribution >= 4 is 34.9 Å². The van der Waals surface area contributed by atoms with Crippen molar-refractivity contribution < 1.29 is 24.5 Å². The van der Waals surface area contributed by atoms with Crippen molar-refractivity contribution in [1.82, 2.24) is 0 Å². The third-order valence-electron chi connectivity index (χ3n) is 5.64. The van der Waals surface area contributed by atoms with Gasteiger partial charge in [-0.3, -0.25) is 10.2 Å². The van der Waals surface area contributed by atoms with Gasteiger partial charge < -0.3 is 14.9 Å². The van der Waals surface area contributed by atoms with Gasteiger partial charge in [0.2, 0.25) is 0 Å². The van der Waals surface area contributed by atoms with Crippen molar-refractivity contribution in [3.8, 4) is 22.6 Å². The van der Waals surface area contributed by atoms with E-state index in [1.54, 1.807) is 37.3 Å². The molecular formula is C27H26N4O5. The van der Waals surface area contributed by atoms with E-state index in [4.69, 9.17) is 9.84 Å². The zero-order valence-corrected chi connectivity index (χ0v) is 20.3. The van der Waals surface area contributed by atoms with Crippen LogP contribution in [0.15, 0.2) is 76.9 Å². The molecule has 0 aromatic heterocycles. The topological polar surface area (TPSA) is 124 Å². The molecule has 9 heteroatoms. The van der Waals surface area contributed by atoms with Crippen molar-refractivity contribution in [2.24, 2.45) is 10.2 Å². The van der Waals surface area contributed by atoms with E-state index in [0.29, 0.717) is 22.5 Å². The number of hydrazone groups is 2. The zero-order chi connectivity index (χ0) is 26.0. The maximum absolute atomic E-state index is 13.0. The average molecular weight is 487 g/mol. The van der Waals surface area contributed by atoms with Crippen LogP contribution in [-0.4, -0.2) is 33.7 Å². The van der Waals surface area contributed by atoms with E-state index in [1.165, 1.54) is 17.1 Å². The van der Waals surface area contributed by atoms with Crippen molar-refractivity contribution in [1.29, 1.82) is 0 Å². The van der Waals surface area contributed by atoms with E-state index in [0.717, 1.165) is 5.56 Å². The maximum atomic E-state index is 13.0. The smallest absolute Gasteiger partial charge is 0.505 e. The van der Waals surface area contributed by atoms with Gasteiger partial charge in [0.25, 0.3) is 0 Å². The number of carbonyl (C=O) groups excluding carboxylic acids is 1. The highest BCUT2D eigenvalue weighted by molar-refractivity contribution is 6.71. The van der Waals surface area contributed by atoms with Gasteiger partial charge in [-0.05, 0) is 53.8 Å². The maximum Gasteiger partial charge on any atom is 0.511 e. The summed E-state index contributed by atoms with van der Waals surface area (Å²) >= 11 is 0. The Hall–Kier alpha value is -4.66. The summed E-state index contributed by atoms with van der Waals surface area (Å²) in [5.74, 6) is -0.390. The molecule has 0 saturated heterocycles. The molecule has 9 nitrogen and oxygen atoms in total. The third-order valence-corrected chi connectivity index (χ3v) is 5.64. The standard InChI is InChI=1S/C27H26N4O5/c1-16-23(25(33)31(30-16)19-13-11-18(12-14-19)27(2,3)4)29-28-22-10-6-9-21(24(22)32)17-7-5-8-20(15-17)36-26(34)35/h5-15,28,32H,1-4H3,(H,34,35). The predicted octanol–water partition coefficient (Wildman–Crippen LogP) is 5.60. The molecule has 0 atom stereocenters. The first-order chi connectivity index (χ1) is 17.0. The van der Waals surface area contributed by atoms with Crippen LogP contribution in [0.3, 0.4) is 0 Å². The number of anilines is 2. The summed E-state index contributed by atoms with van der Waals surface area (Å²) in [4.78, 5) is 23.9. The van der Waals surface area contributed by atoms with E-state index in [2.05, 4.69) is 36.4 Å². The van der Waals surface area contributed by atoms with Crippen LogP contribution in [-0.2, 0) is 10.2 Å². The first-order valence-corrected chi connectivity index (χ1v) is 11.2. The molecular weight excluding hydrogens is 460 g/mol. The predicted molar refractivity (Wildman–Crippen MR) is 139 cm³/mol. The van der Waals surface area contributed by atoms with Gasteiger partial charge >= 0.3 is 12.1 Å². The summed E-state index contributed by atoms with van der Waals surface area (Å²) in [5, 5.41) is 29.5. The SMILES string of the molecule is CC1=NN(c2ccc(C(C)(C)C)cc2)C(=O)C1=NNc1cccc(-c2cccc(OC(=O)O)c2)c1O. The quantitative estimate of drug-likeness (QED) is 0.187. The number of carbonyl (C=O) groups is 2. The lowest BCUT2D eigenvalue weighted by Crippen LogP contribution is -2.28. The lowest BCUT2D eigenvalue weighted by atomic mass is 9.87. The molecule has 4 rings (SSSR count). The molecule has 0 aliphatic carbocycles. The Kier molecular flexibility index (Phi) is 6.48. The van der Waals surface area contributed by atoms with Crippen molar-refractivity contribution in [2.75, 3.05) is 10.4 Å². The second-order valence-corrected chi connectivity index (χ2v) is 9.27. The van der Waals surface area contributed by atoms with E-state index in [1.807, 2.05) is 24.3 Å². The summed E-state index contributed by atoms with van der Waals surface area (Å²) < 4.78 is 4.70. The van der Waals surface area contributed by atoms with Crippen molar-refractivity contribution in [3.05, 3.63) is 72.3 Å². The molecule has 184 valence electrons. The average Bonchev–Trinajstić information content (AvgIpc) is 3.11. The monoisotopic (exact) mass is 486 g/mol. The molecule has 0 bridgehead atoms. The fourth-order valence-electron chi connectivity index (χ4n) is 3.71. The summed E-state index contributed by atoms with van der Waals surface area (Å²) in [6.45, 7) is 8.04. The number of phenols is 1. The Labute approximate surface area is 208 Å². The molecule has 1 heterocycles. The van der Waals surface area contributed by atoms with Gasteiger partial charge in [-0.25, -0.2) is 4.79 Å². The number of amides is 1. The Bertz CT molecular complexity index is 1390. The molecule has 3 aromatic carbocycles. The van der Waals surface area contributed by atoms with Crippen molar-refractivity contribution in [2.45, 2.75) is 33.1 Å². The van der Waals surface area contributed by atoms with Crippen LogP contribution in [0.4, 0.5) is 16.2 Å². The largest absolute Gasteiger partial charge is 0.511 e. The number of nitrogens with zero attached hydrogens (tertiary/aromatic N) is 3. The van der Waals surface area contributed by atoms with Crippen LogP contribution in [0.25, 0.3) is 11.1 Å². The normalized spacial score (nSPS) is 14.7. The van der Waals surface area contributed by atoms with Gasteiger partial charge in [0.15, 0.2) is 5.71 Å². The highest BCUT2D eigenvalue weighted by Crippen LogP contribution is 2.37. The summed E-state index contributed by atoms with van der Waals surface area (Å²) in [6, 6.07) is 18.9. The van der Waals surface area contributed by atoms with Crippen LogP contribution in [0, 0.1) is 0 Å². The van der Waals surface area contributed by atoms with Crippen LogP contribution in [0.1, 0.15) is 33.3 Å². The molecule has 0 unspecified atom stereocenters. The minimum absolute atomic E-state index is 0.00951. The fraction of sp³-hybridized carbons (Fsp3) is 0.185. The van der Waals surface area contributed by atoms with Crippen LogP contribution in [0.2, 0.25) is 0 Å². The van der Waals surface area contributed by atoms with Gasteiger partial charge in [-0.2, -0.15) is 15.2 Å². The number of hydrogen-bond donors (Lipinski definition) is 3. The first-order valence-electron chi connectivity index (χ1n) is 11.2. The molecule has 3 aromatic rings. The molecule has 0 fully saturated rings. The molecule has 1 aliphatic rings. The molecule has 36 heavy (non-hydrogen) atoms. The zero-order valence-electron chi connectivity index (χ0n) is 20.3. The Morgan fingerprint density at radius 3 is 2.42 bits per heavy atom. The number of carboxylic acid groups (broad SMARTS) is 1. The lowest BCUT2D eigenvalue weighted by molar-refractivity contribution is -0.112. The van der Waals surface area contributed by atoms with Gasteiger partial charge in [0.1, 0.15) is 11.5 Å². The highest BCUT2D eigenvalue weighted by atomic mass is 16.7. The number of phenolic OH excluding ortho intramolecular Hbond substituents is 1. The molecule has 1 aliphatic heterocycles. The molecule has 1 amide bonds. The molecule has 0 radical (unpaired) electrons. The van der Waals surface area contributed by atoms with Crippen LogP contribution < -0.4 is 15.2 Å². The first kappa shape index (κ1) is 24.5. The Morgan fingerprint density at radius 2 is 1.75 bits per heavy atom. The van der Waals surface area contributed by atoms with E-state index in [-0.39, 0.29) is 28.3 Å². The van der Waals surface area contributed by atoms with E-state index >= 15 is 0 Å². The lowest BCUT2D eigenvalue weighted by Gasteiger charge is -2.20. The summed E-state index contributed by atoms with van der Waals surface area (Å²) in [6.07, 6.45) is -1.43. The molecule has 0 saturated carbocycles. The van der Waals surface area contributed by atoms with Gasteiger partial charge in [0.05, 0.1) is 17.1 Å². The number of nitrogens with one attached hydrogen (secondary N) is 1. The van der Waals surface area contributed by atoms with Gasteiger partial charge in [-0.1, -0.05) is 57.2 Å². The third kappa shape index (κ3) is 5.05. The minimum atomic E-state index is -1.43. The summed E-state index contributed by atoms with van der Waals surface area (Å²) in [5.41, 5.74) is 6.31. The summed E-state index contributed by atoms with van der Waals surface area (Å²) in [7, 11) is 0. The second-order valence-electron chi connectivity index (χ2n) is 9.27. The fourth-order valence-corrected chi connectivity index (χ4v) is 3.71. The van der Waals surface area contributed by atoms with Gasteiger partial charge in [-0.15, -0.1) is 0 Å². The highest BCUT2D eigenvalue weighted by Gasteiger charge is 2.31.